The third-order valence-electron chi connectivity index (χ3n) is 14.4. The molecule has 0 atom stereocenters. The van der Waals surface area contributed by atoms with Crippen LogP contribution < -0.4 is 0 Å². The van der Waals surface area contributed by atoms with Gasteiger partial charge >= 0.3 is 12.4 Å². The van der Waals surface area contributed by atoms with Gasteiger partial charge in [0.1, 0.15) is 0 Å². The average Bonchev–Trinajstić information content (AvgIpc) is 4.22. The summed E-state index contributed by atoms with van der Waals surface area (Å²) >= 11 is 0. The standard InChI is InChI=1S/C67H33F6N7/c68-66(69,70)53-25-51(26-54(32-53)67(71,72)73)55-33-65(80-62-19-15-49(45-11-3-7-41(23-45)36-76)29-58(62)59-30-50(16-20-63(59)80)46-12-4-8-42(24-46)37-77)64(31-52(55)38-78)79-60-17-13-47(43-9-1-5-39(21-43)34-74)27-56(60)57-28-48(14-18-61(57)79)44-10-2-6-40(22-44)35-75/h1-33H. The Balaban J connectivity index is 1.23. The molecule has 0 amide bonds. The molecule has 0 unspecified atom stereocenters. The van der Waals surface area contributed by atoms with Crippen LogP contribution in [0, 0.1) is 56.7 Å². The van der Waals surface area contributed by atoms with Gasteiger partial charge in [0.2, 0.25) is 0 Å². The Labute approximate surface area is 452 Å². The Bertz CT molecular complexity index is 4570. The maximum Gasteiger partial charge on any atom is 0.416 e. The Morgan fingerprint density at radius 3 is 0.875 bits per heavy atom. The Kier molecular flexibility index (Phi) is 11.9. The van der Waals surface area contributed by atoms with E-state index in [1.807, 2.05) is 106 Å². The first kappa shape index (κ1) is 49.7. The van der Waals surface area contributed by atoms with Gasteiger partial charge in [-0.25, -0.2) is 0 Å². The Morgan fingerprint density at radius 2 is 0.588 bits per heavy atom. The van der Waals surface area contributed by atoms with Crippen molar-refractivity contribution in [1.29, 1.82) is 26.3 Å². The second-order valence-electron chi connectivity index (χ2n) is 19.2. The van der Waals surface area contributed by atoms with E-state index in [0.717, 1.165) is 55.3 Å². The number of nitrogens with zero attached hydrogens (tertiary/aromatic N) is 7. The molecule has 0 aliphatic carbocycles. The third kappa shape index (κ3) is 8.66. The number of aromatic nitrogens is 2. The van der Waals surface area contributed by atoms with E-state index in [1.54, 1.807) is 72.8 Å². The molecule has 13 heteroatoms. The van der Waals surface area contributed by atoms with Crippen LogP contribution in [-0.2, 0) is 12.4 Å². The summed E-state index contributed by atoms with van der Waals surface area (Å²) in [4.78, 5) is 0. The fourth-order valence-electron chi connectivity index (χ4n) is 10.7. The molecule has 10 aromatic carbocycles. The minimum absolute atomic E-state index is 0.0549. The molecule has 12 aromatic rings. The van der Waals surface area contributed by atoms with Gasteiger partial charge in [0.15, 0.2) is 0 Å². The minimum atomic E-state index is -5.19. The summed E-state index contributed by atoms with van der Waals surface area (Å²) in [5.74, 6) is 0. The first-order valence-corrected chi connectivity index (χ1v) is 24.7. The lowest BCUT2D eigenvalue weighted by atomic mass is 9.94. The zero-order chi connectivity index (χ0) is 55.6. The van der Waals surface area contributed by atoms with E-state index < -0.39 is 29.0 Å². The molecule has 0 aliphatic heterocycles. The summed E-state index contributed by atoms with van der Waals surface area (Å²) in [6.07, 6.45) is -10.4. The van der Waals surface area contributed by atoms with Gasteiger partial charge in [-0.2, -0.15) is 52.7 Å². The SMILES string of the molecule is N#Cc1cccc(-c2ccc3c(c2)c2cc(-c4cccc(C#N)c4)ccc2n3-c2cc(C#N)c(-c3cc(C(F)(F)F)cc(C(F)(F)F)c3)cc2-n2c3ccc(-c4cccc(C#N)c4)cc3c3cc(-c4cccc(C#N)c4)ccc32)c1. The van der Waals surface area contributed by atoms with Gasteiger partial charge < -0.3 is 9.13 Å². The van der Waals surface area contributed by atoms with E-state index in [0.29, 0.717) is 72.9 Å². The molecule has 0 saturated carbocycles. The summed E-state index contributed by atoms with van der Waals surface area (Å²) in [5.41, 5.74) is 6.68. The van der Waals surface area contributed by atoms with Crippen LogP contribution in [-0.4, -0.2) is 9.13 Å². The van der Waals surface area contributed by atoms with Crippen molar-refractivity contribution >= 4 is 43.6 Å². The van der Waals surface area contributed by atoms with Crippen molar-refractivity contribution in [3.8, 4) is 97.4 Å². The predicted molar refractivity (Wildman–Crippen MR) is 296 cm³/mol. The lowest BCUT2D eigenvalue weighted by Gasteiger charge is -2.21. The smallest absolute Gasteiger partial charge is 0.307 e. The largest absolute Gasteiger partial charge is 0.416 e. The summed E-state index contributed by atoms with van der Waals surface area (Å²) in [5, 5.41) is 53.3. The highest BCUT2D eigenvalue weighted by Crippen LogP contribution is 2.46. The number of benzene rings is 10. The highest BCUT2D eigenvalue weighted by molar-refractivity contribution is 6.14. The second-order valence-corrected chi connectivity index (χ2v) is 19.2. The monoisotopic (exact) mass is 1050 g/mol. The van der Waals surface area contributed by atoms with E-state index >= 15 is 0 Å². The number of nitriles is 5. The lowest BCUT2D eigenvalue weighted by molar-refractivity contribution is -0.143. The third-order valence-corrected chi connectivity index (χ3v) is 14.4. The molecule has 0 radical (unpaired) electrons. The van der Waals surface area contributed by atoms with Gasteiger partial charge in [0, 0.05) is 27.1 Å². The summed E-state index contributed by atoms with van der Waals surface area (Å²) < 4.78 is 91.9. The number of alkyl halides is 6. The molecule has 2 heterocycles. The molecule has 0 bridgehead atoms. The van der Waals surface area contributed by atoms with Crippen LogP contribution in [0.25, 0.3) is 111 Å². The van der Waals surface area contributed by atoms with Crippen LogP contribution in [0.3, 0.4) is 0 Å². The maximum atomic E-state index is 14.7. The van der Waals surface area contributed by atoms with Crippen molar-refractivity contribution < 1.29 is 26.3 Å². The first-order chi connectivity index (χ1) is 38.6. The van der Waals surface area contributed by atoms with Crippen LogP contribution in [0.2, 0.25) is 0 Å². The average molecular weight is 1050 g/mol. The van der Waals surface area contributed by atoms with Gasteiger partial charge in [-0.1, -0.05) is 72.8 Å². The van der Waals surface area contributed by atoms with Crippen LogP contribution in [0.4, 0.5) is 26.3 Å². The summed E-state index contributed by atoms with van der Waals surface area (Å²) in [7, 11) is 0. The van der Waals surface area contributed by atoms with Gasteiger partial charge in [-0.3, -0.25) is 0 Å². The van der Waals surface area contributed by atoms with E-state index in [9.17, 15) is 52.7 Å². The quantitative estimate of drug-likeness (QED) is 0.147. The molecule has 0 N–H and O–H groups in total. The Morgan fingerprint density at radius 1 is 0.287 bits per heavy atom. The topological polar surface area (TPSA) is 129 Å². The lowest BCUT2D eigenvalue weighted by Crippen LogP contribution is -2.11. The molecular formula is C67H33F6N7. The van der Waals surface area contributed by atoms with Gasteiger partial charge in [-0.15, -0.1) is 0 Å². The molecule has 7 nitrogen and oxygen atoms in total. The van der Waals surface area contributed by atoms with E-state index in [-0.39, 0.29) is 22.9 Å². The molecule has 80 heavy (non-hydrogen) atoms. The molecule has 378 valence electrons. The normalized spacial score (nSPS) is 11.6. The maximum absolute atomic E-state index is 14.7. The van der Waals surface area contributed by atoms with E-state index in [2.05, 4.69) is 30.3 Å². The molecule has 12 rings (SSSR count). The zero-order valence-electron chi connectivity index (χ0n) is 41.5. The first-order valence-electron chi connectivity index (χ1n) is 24.7. The number of fused-ring (bicyclic) bond motifs is 6. The minimum Gasteiger partial charge on any atom is -0.307 e. The zero-order valence-corrected chi connectivity index (χ0v) is 41.5. The second kappa shape index (κ2) is 19.1. The van der Waals surface area contributed by atoms with Crippen molar-refractivity contribution in [3.63, 3.8) is 0 Å². The number of hydrogen-bond acceptors (Lipinski definition) is 5. The highest BCUT2D eigenvalue weighted by atomic mass is 19.4. The van der Waals surface area contributed by atoms with Crippen molar-refractivity contribution in [2.24, 2.45) is 0 Å². The highest BCUT2D eigenvalue weighted by Gasteiger charge is 2.37. The van der Waals surface area contributed by atoms with Crippen molar-refractivity contribution in [1.82, 2.24) is 9.13 Å². The molecule has 2 aromatic heterocycles. The molecular weight excluding hydrogens is 1020 g/mol. The van der Waals surface area contributed by atoms with Crippen LogP contribution >= 0.6 is 0 Å². The van der Waals surface area contributed by atoms with Crippen LogP contribution in [0.5, 0.6) is 0 Å². The number of rotatable bonds is 7. The molecule has 0 spiro atoms. The van der Waals surface area contributed by atoms with Gasteiger partial charge in [0.05, 0.1) is 103 Å². The number of halogens is 6. The predicted octanol–water partition coefficient (Wildman–Crippen LogP) is 17.6. The van der Waals surface area contributed by atoms with Crippen molar-refractivity contribution in [2.75, 3.05) is 0 Å². The van der Waals surface area contributed by atoms with Crippen molar-refractivity contribution in [3.05, 3.63) is 239 Å². The van der Waals surface area contributed by atoms with Gasteiger partial charge in [0.25, 0.3) is 0 Å². The van der Waals surface area contributed by atoms with E-state index in [4.69, 9.17) is 0 Å². The van der Waals surface area contributed by atoms with Gasteiger partial charge in [-0.05, 0) is 177 Å². The van der Waals surface area contributed by atoms with Crippen molar-refractivity contribution in [2.45, 2.75) is 12.4 Å². The Hall–Kier alpha value is -11.2. The fraction of sp³-hybridized carbons (Fsp3) is 0.0299. The van der Waals surface area contributed by atoms with Crippen LogP contribution in [0.15, 0.2) is 200 Å². The fourth-order valence-corrected chi connectivity index (χ4v) is 10.7. The van der Waals surface area contributed by atoms with Crippen LogP contribution in [0.1, 0.15) is 38.9 Å². The molecule has 0 fully saturated rings. The summed E-state index contributed by atoms with van der Waals surface area (Å²) in [6, 6.07) is 66.5. The molecule has 0 saturated heterocycles. The number of hydrogen-bond donors (Lipinski definition) is 0. The van der Waals surface area contributed by atoms with E-state index in [1.165, 1.54) is 12.1 Å². The summed E-state index contributed by atoms with van der Waals surface area (Å²) in [6.45, 7) is 0. The molecule has 0 aliphatic rings.